The highest BCUT2D eigenvalue weighted by Gasteiger charge is 2.27. The molecule has 1 fully saturated rings. The molecule has 2 aromatic rings. The van der Waals surface area contributed by atoms with Gasteiger partial charge in [-0.25, -0.2) is 9.37 Å². The van der Waals surface area contributed by atoms with Crippen LogP contribution in [0, 0.1) is 5.82 Å². The predicted octanol–water partition coefficient (Wildman–Crippen LogP) is 2.50. The molecule has 4 nitrogen and oxygen atoms in total. The van der Waals surface area contributed by atoms with Crippen molar-refractivity contribution in [2.24, 2.45) is 0 Å². The van der Waals surface area contributed by atoms with Crippen LogP contribution in [0.4, 0.5) is 4.39 Å². The fraction of sp³-hybridized carbons (Fsp3) is 0.333. The lowest BCUT2D eigenvalue weighted by molar-refractivity contribution is 0.386. The zero-order chi connectivity index (χ0) is 11.8. The summed E-state index contributed by atoms with van der Waals surface area (Å²) in [6.07, 6.45) is 2.32. The molecule has 0 saturated heterocycles. The lowest BCUT2D eigenvalue weighted by Gasteiger charge is -2.02. The van der Waals surface area contributed by atoms with E-state index in [2.05, 4.69) is 15.2 Å². The summed E-state index contributed by atoms with van der Waals surface area (Å²) in [7, 11) is 1.44. The van der Waals surface area contributed by atoms with Gasteiger partial charge in [0.2, 0.25) is 0 Å². The van der Waals surface area contributed by atoms with Crippen molar-refractivity contribution in [1.29, 1.82) is 0 Å². The summed E-state index contributed by atoms with van der Waals surface area (Å²) in [5.41, 5.74) is 0.659. The van der Waals surface area contributed by atoms with Gasteiger partial charge in [0.05, 0.1) is 7.11 Å². The SMILES string of the molecule is COc1ccc(-c2n[nH]c(C3CC3)n2)cc1F. The van der Waals surface area contributed by atoms with Gasteiger partial charge in [-0.05, 0) is 31.0 Å². The van der Waals surface area contributed by atoms with E-state index >= 15 is 0 Å². The summed E-state index contributed by atoms with van der Waals surface area (Å²) in [5.74, 6) is 1.78. The van der Waals surface area contributed by atoms with Crippen molar-refractivity contribution in [2.45, 2.75) is 18.8 Å². The van der Waals surface area contributed by atoms with E-state index in [4.69, 9.17) is 4.74 Å². The van der Waals surface area contributed by atoms with Crippen LogP contribution >= 0.6 is 0 Å². The van der Waals surface area contributed by atoms with E-state index in [-0.39, 0.29) is 5.75 Å². The average Bonchev–Trinajstić information content (AvgIpc) is 3.07. The molecular weight excluding hydrogens is 221 g/mol. The third kappa shape index (κ3) is 1.88. The summed E-state index contributed by atoms with van der Waals surface area (Å²) in [5, 5.41) is 7.00. The van der Waals surface area contributed by atoms with Crippen molar-refractivity contribution in [3.8, 4) is 17.1 Å². The molecule has 17 heavy (non-hydrogen) atoms. The van der Waals surface area contributed by atoms with Crippen molar-refractivity contribution >= 4 is 0 Å². The number of nitrogens with one attached hydrogen (secondary N) is 1. The Balaban J connectivity index is 1.93. The Labute approximate surface area is 97.8 Å². The van der Waals surface area contributed by atoms with Crippen molar-refractivity contribution in [3.05, 3.63) is 29.8 Å². The van der Waals surface area contributed by atoms with Gasteiger partial charge in [-0.2, -0.15) is 5.10 Å². The molecule has 0 atom stereocenters. The van der Waals surface area contributed by atoms with Gasteiger partial charge in [-0.3, -0.25) is 5.10 Å². The smallest absolute Gasteiger partial charge is 0.181 e. The molecule has 0 radical (unpaired) electrons. The minimum Gasteiger partial charge on any atom is -0.494 e. The number of ether oxygens (including phenoxy) is 1. The largest absolute Gasteiger partial charge is 0.494 e. The number of hydrogen-bond donors (Lipinski definition) is 1. The Bertz CT molecular complexity index is 548. The number of aromatic amines is 1. The molecule has 5 heteroatoms. The average molecular weight is 233 g/mol. The molecule has 88 valence electrons. The number of nitrogens with zero attached hydrogens (tertiary/aromatic N) is 2. The molecule has 1 saturated carbocycles. The molecule has 1 aromatic carbocycles. The van der Waals surface area contributed by atoms with Crippen molar-refractivity contribution in [3.63, 3.8) is 0 Å². The predicted molar refractivity (Wildman–Crippen MR) is 60.3 cm³/mol. The summed E-state index contributed by atoms with van der Waals surface area (Å²) in [6.45, 7) is 0. The second kappa shape index (κ2) is 3.84. The number of rotatable bonds is 3. The summed E-state index contributed by atoms with van der Waals surface area (Å²) in [4.78, 5) is 4.36. The summed E-state index contributed by atoms with van der Waals surface area (Å²) in [6, 6.07) is 4.72. The third-order valence-electron chi connectivity index (χ3n) is 2.88. The van der Waals surface area contributed by atoms with Crippen LogP contribution in [-0.2, 0) is 0 Å². The number of H-pyrrole nitrogens is 1. The molecular formula is C12H12FN3O. The molecule has 0 spiro atoms. The molecule has 0 bridgehead atoms. The summed E-state index contributed by atoms with van der Waals surface area (Å²) < 4.78 is 18.4. The number of halogens is 1. The highest BCUT2D eigenvalue weighted by molar-refractivity contribution is 5.56. The van der Waals surface area contributed by atoms with Gasteiger partial charge in [-0.1, -0.05) is 0 Å². The van der Waals surface area contributed by atoms with E-state index in [0.717, 1.165) is 18.7 Å². The molecule has 1 aliphatic rings. The molecule has 1 heterocycles. The van der Waals surface area contributed by atoms with E-state index in [9.17, 15) is 4.39 Å². The van der Waals surface area contributed by atoms with Crippen LogP contribution in [0.25, 0.3) is 11.4 Å². The van der Waals surface area contributed by atoms with Crippen LogP contribution in [0.5, 0.6) is 5.75 Å². The van der Waals surface area contributed by atoms with Gasteiger partial charge in [0.15, 0.2) is 17.4 Å². The Morgan fingerprint density at radius 2 is 2.24 bits per heavy atom. The van der Waals surface area contributed by atoms with Crippen LogP contribution in [0.2, 0.25) is 0 Å². The lowest BCUT2D eigenvalue weighted by Crippen LogP contribution is -1.89. The van der Waals surface area contributed by atoms with Crippen LogP contribution in [0.15, 0.2) is 18.2 Å². The Morgan fingerprint density at radius 3 is 2.88 bits per heavy atom. The zero-order valence-electron chi connectivity index (χ0n) is 9.40. The maximum absolute atomic E-state index is 13.5. The van der Waals surface area contributed by atoms with Crippen LogP contribution in [0.1, 0.15) is 24.6 Å². The quantitative estimate of drug-likeness (QED) is 0.886. The second-order valence-electron chi connectivity index (χ2n) is 4.17. The molecule has 1 aliphatic carbocycles. The van der Waals surface area contributed by atoms with Gasteiger partial charge in [0, 0.05) is 11.5 Å². The first-order valence-electron chi connectivity index (χ1n) is 5.54. The van der Waals surface area contributed by atoms with Gasteiger partial charge < -0.3 is 4.74 Å². The van der Waals surface area contributed by atoms with E-state index in [0.29, 0.717) is 17.3 Å². The van der Waals surface area contributed by atoms with Crippen molar-refractivity contribution < 1.29 is 9.13 Å². The van der Waals surface area contributed by atoms with Crippen LogP contribution in [0.3, 0.4) is 0 Å². The van der Waals surface area contributed by atoms with Crippen LogP contribution < -0.4 is 4.74 Å². The summed E-state index contributed by atoms with van der Waals surface area (Å²) >= 11 is 0. The van der Waals surface area contributed by atoms with Gasteiger partial charge in [0.1, 0.15) is 5.82 Å². The zero-order valence-corrected chi connectivity index (χ0v) is 9.40. The van der Waals surface area contributed by atoms with Gasteiger partial charge in [0.25, 0.3) is 0 Å². The fourth-order valence-corrected chi connectivity index (χ4v) is 1.75. The van der Waals surface area contributed by atoms with E-state index in [1.165, 1.54) is 13.2 Å². The fourth-order valence-electron chi connectivity index (χ4n) is 1.75. The van der Waals surface area contributed by atoms with Crippen molar-refractivity contribution in [2.75, 3.05) is 7.11 Å². The molecule has 3 rings (SSSR count). The maximum Gasteiger partial charge on any atom is 0.181 e. The van der Waals surface area contributed by atoms with E-state index < -0.39 is 5.82 Å². The first-order chi connectivity index (χ1) is 8.28. The first kappa shape index (κ1) is 10.3. The molecule has 1 N–H and O–H groups in total. The van der Waals surface area contributed by atoms with Crippen LogP contribution in [-0.4, -0.2) is 22.3 Å². The van der Waals surface area contributed by atoms with Gasteiger partial charge in [-0.15, -0.1) is 0 Å². The standard InChI is InChI=1S/C12H12FN3O/c1-17-10-5-4-8(6-9(10)13)12-14-11(15-16-12)7-2-3-7/h4-7H,2-3H2,1H3,(H,14,15,16). The molecule has 0 aliphatic heterocycles. The minimum atomic E-state index is -0.400. The Hall–Kier alpha value is -1.91. The second-order valence-corrected chi connectivity index (χ2v) is 4.17. The molecule has 0 amide bonds. The molecule has 1 aromatic heterocycles. The number of aromatic nitrogens is 3. The third-order valence-corrected chi connectivity index (χ3v) is 2.88. The first-order valence-corrected chi connectivity index (χ1v) is 5.54. The number of methoxy groups -OCH3 is 1. The Kier molecular flexibility index (Phi) is 2.31. The van der Waals surface area contributed by atoms with E-state index in [1.54, 1.807) is 12.1 Å². The van der Waals surface area contributed by atoms with Crippen molar-refractivity contribution in [1.82, 2.24) is 15.2 Å². The normalized spacial score (nSPS) is 14.9. The van der Waals surface area contributed by atoms with E-state index in [1.807, 2.05) is 0 Å². The maximum atomic E-state index is 13.5. The Morgan fingerprint density at radius 1 is 1.41 bits per heavy atom. The number of benzene rings is 1. The number of hydrogen-bond acceptors (Lipinski definition) is 3. The highest BCUT2D eigenvalue weighted by Crippen LogP contribution is 2.38. The minimum absolute atomic E-state index is 0.228. The topological polar surface area (TPSA) is 50.8 Å². The highest BCUT2D eigenvalue weighted by atomic mass is 19.1. The van der Waals surface area contributed by atoms with Gasteiger partial charge >= 0.3 is 0 Å². The monoisotopic (exact) mass is 233 g/mol. The lowest BCUT2D eigenvalue weighted by atomic mass is 10.2. The molecule has 0 unspecified atom stereocenters.